The number of carbonyl (C=O) groups excluding carboxylic acids is 1. The number of rotatable bonds is 6. The van der Waals surface area contributed by atoms with Crippen LogP contribution in [0.4, 0.5) is 0 Å². The van der Waals surface area contributed by atoms with Crippen LogP contribution in [-0.4, -0.2) is 48.7 Å². The summed E-state index contributed by atoms with van der Waals surface area (Å²) in [6.07, 6.45) is 5.55. The van der Waals surface area contributed by atoms with Gasteiger partial charge in [-0.3, -0.25) is 9.69 Å². The van der Waals surface area contributed by atoms with Crippen LogP contribution in [0.15, 0.2) is 30.3 Å². The summed E-state index contributed by atoms with van der Waals surface area (Å²) >= 11 is 0. The number of hydrogen-bond acceptors (Lipinski definition) is 3. The molecule has 2 heterocycles. The van der Waals surface area contributed by atoms with E-state index in [0.29, 0.717) is 6.04 Å². The molecule has 23 heavy (non-hydrogen) atoms. The Bertz CT molecular complexity index is 544. The Labute approximate surface area is 138 Å². The van der Waals surface area contributed by atoms with E-state index in [1.807, 2.05) is 0 Å². The molecule has 4 nitrogen and oxygen atoms in total. The number of hydrogen-bond donors (Lipinski definition) is 1. The van der Waals surface area contributed by atoms with E-state index in [1.165, 1.54) is 18.4 Å². The van der Waals surface area contributed by atoms with Gasteiger partial charge in [0, 0.05) is 32.1 Å². The van der Waals surface area contributed by atoms with E-state index in [2.05, 4.69) is 40.5 Å². The summed E-state index contributed by atoms with van der Waals surface area (Å²) in [5.41, 5.74) is 1.38. The summed E-state index contributed by atoms with van der Waals surface area (Å²) < 4.78 is 6.03. The molecule has 1 saturated carbocycles. The molecule has 3 atom stereocenters. The minimum atomic E-state index is -0.233. The van der Waals surface area contributed by atoms with Crippen LogP contribution in [0, 0.1) is 5.92 Å². The molecule has 3 fully saturated rings. The van der Waals surface area contributed by atoms with Gasteiger partial charge in [0.25, 0.3) is 0 Å². The van der Waals surface area contributed by atoms with Crippen molar-refractivity contribution in [3.63, 3.8) is 0 Å². The first-order chi connectivity index (χ1) is 11.3. The van der Waals surface area contributed by atoms with Crippen LogP contribution in [0.3, 0.4) is 0 Å². The summed E-state index contributed by atoms with van der Waals surface area (Å²) in [4.78, 5) is 14.8. The molecule has 4 rings (SSSR count). The van der Waals surface area contributed by atoms with E-state index in [0.717, 1.165) is 44.8 Å². The molecule has 4 heteroatoms. The third-order valence-corrected chi connectivity index (χ3v) is 5.48. The number of nitrogens with one attached hydrogen (secondary N) is 1. The van der Waals surface area contributed by atoms with E-state index in [1.54, 1.807) is 0 Å². The minimum absolute atomic E-state index is 0.106. The van der Waals surface area contributed by atoms with Gasteiger partial charge >= 0.3 is 0 Å². The molecule has 1 amide bonds. The predicted octanol–water partition coefficient (Wildman–Crippen LogP) is 1.99. The second-order valence-electron chi connectivity index (χ2n) is 7.21. The lowest BCUT2D eigenvalue weighted by Crippen LogP contribution is -2.37. The standard InChI is InChI=1S/C19H26N2O2/c22-19(20-13-15-6-7-15)18-12-16-17(23-18)9-11-21(16)10-8-14-4-2-1-3-5-14/h1-5,15-18H,6-13H2,(H,20,22)/t16-,17-,18+/m1/s1. The molecule has 124 valence electrons. The van der Waals surface area contributed by atoms with Crippen LogP contribution in [0.1, 0.15) is 31.2 Å². The van der Waals surface area contributed by atoms with Gasteiger partial charge in [-0.05, 0) is 37.2 Å². The fraction of sp³-hybridized carbons (Fsp3) is 0.632. The van der Waals surface area contributed by atoms with E-state index in [4.69, 9.17) is 4.74 Å². The predicted molar refractivity (Wildman–Crippen MR) is 89.1 cm³/mol. The van der Waals surface area contributed by atoms with E-state index < -0.39 is 0 Å². The molecular formula is C19H26N2O2. The number of benzene rings is 1. The molecule has 0 aromatic heterocycles. The van der Waals surface area contributed by atoms with Crippen molar-refractivity contribution in [2.24, 2.45) is 5.92 Å². The third kappa shape index (κ3) is 3.59. The molecule has 1 N–H and O–H groups in total. The number of carbonyl (C=O) groups is 1. The smallest absolute Gasteiger partial charge is 0.249 e. The highest BCUT2D eigenvalue weighted by molar-refractivity contribution is 5.81. The molecular weight excluding hydrogens is 288 g/mol. The second kappa shape index (κ2) is 6.62. The zero-order valence-electron chi connectivity index (χ0n) is 13.6. The largest absolute Gasteiger partial charge is 0.363 e. The highest BCUT2D eigenvalue weighted by atomic mass is 16.5. The molecule has 0 spiro atoms. The second-order valence-corrected chi connectivity index (χ2v) is 7.21. The third-order valence-electron chi connectivity index (χ3n) is 5.48. The van der Waals surface area contributed by atoms with Crippen LogP contribution in [0.5, 0.6) is 0 Å². The monoisotopic (exact) mass is 314 g/mol. The van der Waals surface area contributed by atoms with Gasteiger partial charge in [0.15, 0.2) is 0 Å². The Morgan fingerprint density at radius 3 is 2.83 bits per heavy atom. The molecule has 0 radical (unpaired) electrons. The molecule has 1 aromatic rings. The lowest BCUT2D eigenvalue weighted by molar-refractivity contribution is -0.132. The van der Waals surface area contributed by atoms with Crippen LogP contribution < -0.4 is 5.32 Å². The van der Waals surface area contributed by atoms with Crippen LogP contribution >= 0.6 is 0 Å². The first-order valence-electron chi connectivity index (χ1n) is 9.01. The fourth-order valence-corrected chi connectivity index (χ4v) is 3.88. The molecule has 0 bridgehead atoms. The molecule has 2 saturated heterocycles. The molecule has 0 unspecified atom stereocenters. The van der Waals surface area contributed by atoms with Crippen molar-refractivity contribution < 1.29 is 9.53 Å². The van der Waals surface area contributed by atoms with Gasteiger partial charge < -0.3 is 10.1 Å². The van der Waals surface area contributed by atoms with Crippen molar-refractivity contribution in [1.29, 1.82) is 0 Å². The maximum absolute atomic E-state index is 12.2. The number of amides is 1. The highest BCUT2D eigenvalue weighted by Gasteiger charge is 2.45. The van der Waals surface area contributed by atoms with Crippen LogP contribution in [0.25, 0.3) is 0 Å². The Morgan fingerprint density at radius 1 is 1.22 bits per heavy atom. The van der Waals surface area contributed by atoms with E-state index in [-0.39, 0.29) is 18.1 Å². The van der Waals surface area contributed by atoms with Gasteiger partial charge in [0.2, 0.25) is 5.91 Å². The molecule has 1 aromatic carbocycles. The van der Waals surface area contributed by atoms with E-state index in [9.17, 15) is 4.79 Å². The lowest BCUT2D eigenvalue weighted by atomic mass is 10.1. The van der Waals surface area contributed by atoms with Gasteiger partial charge in [-0.15, -0.1) is 0 Å². The maximum Gasteiger partial charge on any atom is 0.249 e. The van der Waals surface area contributed by atoms with Crippen molar-refractivity contribution >= 4 is 5.91 Å². The van der Waals surface area contributed by atoms with Crippen molar-refractivity contribution in [2.45, 2.75) is 50.4 Å². The maximum atomic E-state index is 12.2. The first kappa shape index (κ1) is 15.2. The Hall–Kier alpha value is -1.39. The van der Waals surface area contributed by atoms with Crippen molar-refractivity contribution in [3.05, 3.63) is 35.9 Å². The minimum Gasteiger partial charge on any atom is -0.363 e. The summed E-state index contributed by atoms with van der Waals surface area (Å²) in [5, 5.41) is 3.07. The molecule has 1 aliphatic carbocycles. The highest BCUT2D eigenvalue weighted by Crippen LogP contribution is 2.33. The average Bonchev–Trinajstić information content (AvgIpc) is 3.19. The van der Waals surface area contributed by atoms with Crippen molar-refractivity contribution in [1.82, 2.24) is 10.2 Å². The van der Waals surface area contributed by atoms with Crippen LogP contribution in [-0.2, 0) is 16.0 Å². The zero-order valence-corrected chi connectivity index (χ0v) is 13.6. The summed E-state index contributed by atoms with van der Waals surface area (Å²) in [7, 11) is 0. The van der Waals surface area contributed by atoms with Gasteiger partial charge in [0.05, 0.1) is 6.10 Å². The lowest BCUT2D eigenvalue weighted by Gasteiger charge is -2.22. The van der Waals surface area contributed by atoms with Crippen molar-refractivity contribution in [3.8, 4) is 0 Å². The van der Waals surface area contributed by atoms with Crippen molar-refractivity contribution in [2.75, 3.05) is 19.6 Å². The number of nitrogens with zero attached hydrogens (tertiary/aromatic N) is 1. The number of fused-ring (bicyclic) bond motifs is 1. The summed E-state index contributed by atoms with van der Waals surface area (Å²) in [6, 6.07) is 11.1. The van der Waals surface area contributed by atoms with Gasteiger partial charge in [-0.25, -0.2) is 0 Å². The Kier molecular flexibility index (Phi) is 4.36. The van der Waals surface area contributed by atoms with Gasteiger partial charge in [-0.1, -0.05) is 30.3 Å². The SMILES string of the molecule is O=C(NCC1CC1)[C@@H]1C[C@@H]2[C@@H](CCN2CCc2ccccc2)O1. The zero-order chi connectivity index (χ0) is 15.6. The normalized spacial score (nSPS) is 30.3. The van der Waals surface area contributed by atoms with Gasteiger partial charge in [0.1, 0.15) is 6.10 Å². The number of ether oxygens (including phenoxy) is 1. The van der Waals surface area contributed by atoms with E-state index >= 15 is 0 Å². The Balaban J connectivity index is 1.27. The fourth-order valence-electron chi connectivity index (χ4n) is 3.88. The Morgan fingerprint density at radius 2 is 2.04 bits per heavy atom. The molecule has 2 aliphatic heterocycles. The summed E-state index contributed by atoms with van der Waals surface area (Å²) in [5.74, 6) is 0.830. The number of likely N-dealkylation sites (tertiary alicyclic amines) is 1. The molecule has 3 aliphatic rings. The van der Waals surface area contributed by atoms with Crippen LogP contribution in [0.2, 0.25) is 0 Å². The quantitative estimate of drug-likeness (QED) is 0.873. The average molecular weight is 314 g/mol. The topological polar surface area (TPSA) is 41.6 Å². The van der Waals surface area contributed by atoms with Gasteiger partial charge in [-0.2, -0.15) is 0 Å². The summed E-state index contributed by atoms with van der Waals surface area (Å²) in [6.45, 7) is 3.00. The first-order valence-corrected chi connectivity index (χ1v) is 9.01.